The minimum absolute atomic E-state index is 0.339. The van der Waals surface area contributed by atoms with Crippen LogP contribution in [0.4, 0.5) is 5.82 Å². The van der Waals surface area contributed by atoms with E-state index in [0.29, 0.717) is 12.4 Å². The van der Waals surface area contributed by atoms with Gasteiger partial charge in [-0.15, -0.1) is 0 Å². The summed E-state index contributed by atoms with van der Waals surface area (Å²) in [6.45, 7) is 0.583. The summed E-state index contributed by atoms with van der Waals surface area (Å²) in [7, 11) is 0. The topological polar surface area (TPSA) is 66.9 Å². The van der Waals surface area contributed by atoms with E-state index in [0.717, 1.165) is 12.0 Å². The molecule has 2 rings (SSSR count). The van der Waals surface area contributed by atoms with Crippen molar-refractivity contribution in [2.24, 2.45) is 0 Å². The Morgan fingerprint density at radius 1 is 1.50 bits per heavy atom. The van der Waals surface area contributed by atoms with Crippen molar-refractivity contribution in [2.75, 3.05) is 5.32 Å². The first-order chi connectivity index (χ1) is 5.90. The van der Waals surface area contributed by atoms with Gasteiger partial charge >= 0.3 is 0 Å². The van der Waals surface area contributed by atoms with Crippen molar-refractivity contribution in [3.63, 3.8) is 0 Å². The zero-order valence-corrected chi connectivity index (χ0v) is 6.32. The number of hydrogen-bond donors (Lipinski definition) is 2. The molecular formula is C7H8N4O. The molecule has 0 bridgehead atoms. The van der Waals surface area contributed by atoms with Gasteiger partial charge in [0.1, 0.15) is 6.17 Å². The Labute approximate surface area is 69.2 Å². The summed E-state index contributed by atoms with van der Waals surface area (Å²) in [5.74, 6) is 0.688. The fourth-order valence-corrected chi connectivity index (χ4v) is 1.10. The van der Waals surface area contributed by atoms with Gasteiger partial charge in [0.2, 0.25) is 0 Å². The number of carbonyl (C=O) groups is 1. The van der Waals surface area contributed by atoms with E-state index in [1.807, 2.05) is 0 Å². The van der Waals surface area contributed by atoms with Crippen LogP contribution in [-0.4, -0.2) is 22.4 Å². The first-order valence-corrected chi connectivity index (χ1v) is 3.65. The monoisotopic (exact) mass is 164 g/mol. The smallest absolute Gasteiger partial charge is 0.157 e. The predicted molar refractivity (Wildman–Crippen MR) is 42.3 cm³/mol. The Bertz CT molecular complexity index is 301. The molecule has 5 nitrogen and oxygen atoms in total. The zero-order valence-electron chi connectivity index (χ0n) is 6.32. The predicted octanol–water partition coefficient (Wildman–Crippen LogP) is -0.483. The molecule has 0 saturated carbocycles. The molecule has 0 amide bonds. The van der Waals surface area contributed by atoms with E-state index >= 15 is 0 Å². The summed E-state index contributed by atoms with van der Waals surface area (Å²) >= 11 is 0. The second-order valence-corrected chi connectivity index (χ2v) is 2.49. The summed E-state index contributed by atoms with van der Waals surface area (Å²) in [6, 6.07) is 0. The van der Waals surface area contributed by atoms with E-state index in [1.165, 1.54) is 0 Å². The lowest BCUT2D eigenvalue weighted by molar-refractivity contribution is -0.109. The number of nitrogens with zero attached hydrogens (tertiary/aromatic N) is 2. The SMILES string of the molecule is O=CC1NCc2nccnc2N1. The third-order valence-electron chi connectivity index (χ3n) is 1.69. The number of anilines is 1. The van der Waals surface area contributed by atoms with E-state index in [4.69, 9.17) is 0 Å². The van der Waals surface area contributed by atoms with Crippen LogP contribution >= 0.6 is 0 Å². The van der Waals surface area contributed by atoms with Crippen LogP contribution in [0.25, 0.3) is 0 Å². The summed E-state index contributed by atoms with van der Waals surface area (Å²) in [4.78, 5) is 18.5. The maximum Gasteiger partial charge on any atom is 0.157 e. The molecule has 12 heavy (non-hydrogen) atoms. The highest BCUT2D eigenvalue weighted by atomic mass is 16.1. The van der Waals surface area contributed by atoms with Crippen LogP contribution in [0.15, 0.2) is 12.4 Å². The average molecular weight is 164 g/mol. The van der Waals surface area contributed by atoms with Gasteiger partial charge in [-0.05, 0) is 0 Å². The van der Waals surface area contributed by atoms with Gasteiger partial charge in [0.15, 0.2) is 12.1 Å². The molecule has 0 saturated heterocycles. The molecule has 0 spiro atoms. The van der Waals surface area contributed by atoms with Crippen LogP contribution in [0.2, 0.25) is 0 Å². The van der Waals surface area contributed by atoms with Crippen molar-refractivity contribution in [3.8, 4) is 0 Å². The summed E-state index contributed by atoms with van der Waals surface area (Å²) < 4.78 is 0. The van der Waals surface area contributed by atoms with E-state index in [9.17, 15) is 4.79 Å². The Hall–Kier alpha value is -1.49. The summed E-state index contributed by atoms with van der Waals surface area (Å²) in [5.41, 5.74) is 0.843. The second-order valence-electron chi connectivity index (χ2n) is 2.49. The number of rotatable bonds is 1. The molecule has 1 aromatic heterocycles. The molecule has 1 aromatic rings. The Morgan fingerprint density at radius 2 is 2.33 bits per heavy atom. The molecule has 0 aliphatic carbocycles. The van der Waals surface area contributed by atoms with Crippen molar-refractivity contribution in [1.29, 1.82) is 0 Å². The largest absolute Gasteiger partial charge is 0.347 e. The highest BCUT2D eigenvalue weighted by molar-refractivity contribution is 5.64. The minimum Gasteiger partial charge on any atom is -0.347 e. The summed E-state index contributed by atoms with van der Waals surface area (Å²) in [6.07, 6.45) is 3.69. The lowest BCUT2D eigenvalue weighted by atomic mass is 10.3. The number of aromatic nitrogens is 2. The molecule has 0 radical (unpaired) electrons. The highest BCUT2D eigenvalue weighted by Gasteiger charge is 2.16. The van der Waals surface area contributed by atoms with E-state index in [1.54, 1.807) is 12.4 Å². The van der Waals surface area contributed by atoms with Crippen LogP contribution in [0.5, 0.6) is 0 Å². The Balaban J connectivity index is 2.28. The van der Waals surface area contributed by atoms with E-state index < -0.39 is 0 Å². The van der Waals surface area contributed by atoms with Gasteiger partial charge in [0.25, 0.3) is 0 Å². The molecule has 0 aromatic carbocycles. The Morgan fingerprint density at radius 3 is 3.17 bits per heavy atom. The maximum absolute atomic E-state index is 10.4. The van der Waals surface area contributed by atoms with Gasteiger partial charge in [-0.2, -0.15) is 0 Å². The average Bonchev–Trinajstić information content (AvgIpc) is 2.17. The fraction of sp³-hybridized carbons (Fsp3) is 0.286. The maximum atomic E-state index is 10.4. The first kappa shape index (κ1) is 7.17. The van der Waals surface area contributed by atoms with Gasteiger partial charge in [-0.25, -0.2) is 4.98 Å². The van der Waals surface area contributed by atoms with Crippen LogP contribution in [-0.2, 0) is 11.3 Å². The standard InChI is InChI=1S/C7H8N4O/c12-4-6-10-3-5-7(11-6)9-2-1-8-5/h1-2,4,6,10H,3H2,(H,9,11). The van der Waals surface area contributed by atoms with Crippen molar-refractivity contribution in [2.45, 2.75) is 12.7 Å². The lowest BCUT2D eigenvalue weighted by Crippen LogP contribution is -2.41. The number of nitrogens with one attached hydrogen (secondary N) is 2. The number of fused-ring (bicyclic) bond motifs is 1. The number of aldehydes is 1. The van der Waals surface area contributed by atoms with Crippen molar-refractivity contribution in [3.05, 3.63) is 18.1 Å². The zero-order chi connectivity index (χ0) is 8.39. The molecule has 62 valence electrons. The van der Waals surface area contributed by atoms with Gasteiger partial charge in [-0.1, -0.05) is 0 Å². The van der Waals surface area contributed by atoms with Crippen LogP contribution in [0, 0.1) is 0 Å². The van der Waals surface area contributed by atoms with Crippen LogP contribution < -0.4 is 10.6 Å². The molecular weight excluding hydrogens is 156 g/mol. The first-order valence-electron chi connectivity index (χ1n) is 3.65. The molecule has 1 atom stereocenters. The normalized spacial score (nSPS) is 20.8. The molecule has 5 heteroatoms. The van der Waals surface area contributed by atoms with Gasteiger partial charge in [0.05, 0.1) is 5.69 Å². The third kappa shape index (κ3) is 1.14. The molecule has 0 fully saturated rings. The Kier molecular flexibility index (Phi) is 1.71. The van der Waals surface area contributed by atoms with Crippen molar-refractivity contribution >= 4 is 12.1 Å². The van der Waals surface area contributed by atoms with Crippen molar-refractivity contribution in [1.82, 2.24) is 15.3 Å². The molecule has 2 N–H and O–H groups in total. The fourth-order valence-electron chi connectivity index (χ4n) is 1.10. The quantitative estimate of drug-likeness (QED) is 0.548. The molecule has 2 heterocycles. The van der Waals surface area contributed by atoms with Gasteiger partial charge < -0.3 is 5.32 Å². The minimum atomic E-state index is -0.339. The van der Waals surface area contributed by atoms with Gasteiger partial charge in [0, 0.05) is 18.9 Å². The van der Waals surface area contributed by atoms with Crippen LogP contribution in [0.1, 0.15) is 5.69 Å². The second kappa shape index (κ2) is 2.86. The van der Waals surface area contributed by atoms with E-state index in [2.05, 4.69) is 20.6 Å². The van der Waals surface area contributed by atoms with Crippen LogP contribution in [0.3, 0.4) is 0 Å². The molecule has 1 aliphatic rings. The summed E-state index contributed by atoms with van der Waals surface area (Å²) in [5, 5.41) is 5.84. The lowest BCUT2D eigenvalue weighted by Gasteiger charge is -2.21. The highest BCUT2D eigenvalue weighted by Crippen LogP contribution is 2.12. The third-order valence-corrected chi connectivity index (χ3v) is 1.69. The van der Waals surface area contributed by atoms with Gasteiger partial charge in [-0.3, -0.25) is 15.1 Å². The van der Waals surface area contributed by atoms with E-state index in [-0.39, 0.29) is 6.17 Å². The molecule has 1 aliphatic heterocycles. The van der Waals surface area contributed by atoms with Crippen molar-refractivity contribution < 1.29 is 4.79 Å². The molecule has 1 unspecified atom stereocenters. The number of hydrogen-bond acceptors (Lipinski definition) is 5. The number of carbonyl (C=O) groups excluding carboxylic acids is 1.